The van der Waals surface area contributed by atoms with Crippen molar-refractivity contribution in [1.29, 1.82) is 0 Å². The van der Waals surface area contributed by atoms with Crippen LogP contribution in [0.25, 0.3) is 0 Å². The lowest BCUT2D eigenvalue weighted by atomic mass is 10.2. The first-order valence-electron chi connectivity index (χ1n) is 6.37. The fourth-order valence-corrected chi connectivity index (χ4v) is 1.89. The largest absolute Gasteiger partial charge is 0.373 e. The predicted molar refractivity (Wildman–Crippen MR) is 77.9 cm³/mol. The molecule has 0 saturated carbocycles. The van der Waals surface area contributed by atoms with Crippen LogP contribution in [0, 0.1) is 0 Å². The van der Waals surface area contributed by atoms with Crippen LogP contribution in [-0.2, 0) is 6.54 Å². The van der Waals surface area contributed by atoms with Crippen LogP contribution in [0.1, 0.15) is 5.56 Å². The highest BCUT2D eigenvalue weighted by molar-refractivity contribution is 5.44. The molecule has 0 fully saturated rings. The van der Waals surface area contributed by atoms with Gasteiger partial charge in [-0.3, -0.25) is 0 Å². The van der Waals surface area contributed by atoms with Crippen LogP contribution in [-0.4, -0.2) is 20.1 Å². The maximum atomic E-state index is 3.46. The van der Waals surface area contributed by atoms with Crippen molar-refractivity contribution in [3.8, 4) is 0 Å². The number of likely N-dealkylation sites (N-methyl/N-ethyl adjacent to an activating group) is 1. The van der Waals surface area contributed by atoms with Crippen molar-refractivity contribution in [2.24, 2.45) is 0 Å². The molecule has 0 amide bonds. The summed E-state index contributed by atoms with van der Waals surface area (Å²) in [5.74, 6) is 0. The summed E-state index contributed by atoms with van der Waals surface area (Å²) >= 11 is 0. The second-order valence-electron chi connectivity index (χ2n) is 4.42. The van der Waals surface area contributed by atoms with Crippen molar-refractivity contribution >= 4 is 5.69 Å². The Morgan fingerprint density at radius 3 is 2.17 bits per heavy atom. The molecule has 0 aliphatic heterocycles. The maximum absolute atomic E-state index is 3.46. The van der Waals surface area contributed by atoms with E-state index in [-0.39, 0.29) is 0 Å². The molecule has 0 aliphatic rings. The van der Waals surface area contributed by atoms with Crippen LogP contribution in [0.5, 0.6) is 0 Å². The third kappa shape index (κ3) is 3.90. The Balaban J connectivity index is 1.70. The van der Waals surface area contributed by atoms with E-state index < -0.39 is 0 Å². The lowest BCUT2D eigenvalue weighted by Crippen LogP contribution is -2.28. The zero-order valence-corrected chi connectivity index (χ0v) is 10.8. The molecule has 0 atom stereocenters. The molecule has 2 nitrogen and oxygen atoms in total. The molecule has 2 aromatic carbocycles. The minimum absolute atomic E-state index is 0.934. The summed E-state index contributed by atoms with van der Waals surface area (Å²) in [6, 6.07) is 21.0. The van der Waals surface area contributed by atoms with E-state index in [2.05, 4.69) is 65.8 Å². The zero-order valence-electron chi connectivity index (χ0n) is 10.8. The van der Waals surface area contributed by atoms with Crippen LogP contribution >= 0.6 is 0 Å². The van der Waals surface area contributed by atoms with Gasteiger partial charge in [0.1, 0.15) is 0 Å². The molecule has 1 N–H and O–H groups in total. The van der Waals surface area contributed by atoms with E-state index in [1.54, 1.807) is 0 Å². The number of nitrogens with one attached hydrogen (secondary N) is 1. The normalized spacial score (nSPS) is 10.3. The van der Waals surface area contributed by atoms with Gasteiger partial charge in [0.2, 0.25) is 0 Å². The van der Waals surface area contributed by atoms with E-state index in [9.17, 15) is 0 Å². The van der Waals surface area contributed by atoms with Gasteiger partial charge in [-0.25, -0.2) is 0 Å². The molecule has 2 aromatic rings. The Kier molecular flexibility index (Phi) is 4.79. The van der Waals surface area contributed by atoms with Gasteiger partial charge in [0.05, 0.1) is 0 Å². The summed E-state index contributed by atoms with van der Waals surface area (Å²) in [5, 5.41) is 3.46. The third-order valence-electron chi connectivity index (χ3n) is 2.99. The number of anilines is 1. The summed E-state index contributed by atoms with van der Waals surface area (Å²) in [4.78, 5) is 2.26. The summed E-state index contributed by atoms with van der Waals surface area (Å²) in [6.07, 6.45) is 0. The van der Waals surface area contributed by atoms with Crippen molar-refractivity contribution in [1.82, 2.24) is 5.32 Å². The smallest absolute Gasteiger partial charge is 0.0364 e. The molecule has 0 aromatic heterocycles. The Morgan fingerprint density at radius 1 is 0.889 bits per heavy atom. The van der Waals surface area contributed by atoms with Gasteiger partial charge in [0.15, 0.2) is 0 Å². The quantitative estimate of drug-likeness (QED) is 0.781. The van der Waals surface area contributed by atoms with Crippen LogP contribution in [0.15, 0.2) is 60.7 Å². The molecule has 0 radical (unpaired) electrons. The standard InChI is InChI=1S/C16H20N2/c1-18(16-10-6-3-7-11-16)13-12-17-14-15-8-4-2-5-9-15/h2-11,17H,12-14H2,1H3. The van der Waals surface area contributed by atoms with E-state index >= 15 is 0 Å². The van der Waals surface area contributed by atoms with Gasteiger partial charge in [-0.05, 0) is 17.7 Å². The first kappa shape index (κ1) is 12.7. The van der Waals surface area contributed by atoms with Crippen molar-refractivity contribution < 1.29 is 0 Å². The third-order valence-corrected chi connectivity index (χ3v) is 2.99. The summed E-state index contributed by atoms with van der Waals surface area (Å²) in [5.41, 5.74) is 2.60. The van der Waals surface area contributed by atoms with Gasteiger partial charge in [0, 0.05) is 32.4 Å². The van der Waals surface area contributed by atoms with E-state index in [4.69, 9.17) is 0 Å². The highest BCUT2D eigenvalue weighted by atomic mass is 15.1. The van der Waals surface area contributed by atoms with Crippen LogP contribution < -0.4 is 10.2 Å². The van der Waals surface area contributed by atoms with Gasteiger partial charge >= 0.3 is 0 Å². The fourth-order valence-electron chi connectivity index (χ4n) is 1.89. The van der Waals surface area contributed by atoms with Crippen LogP contribution in [0.2, 0.25) is 0 Å². The molecule has 18 heavy (non-hydrogen) atoms. The maximum Gasteiger partial charge on any atom is 0.0364 e. The van der Waals surface area contributed by atoms with Gasteiger partial charge < -0.3 is 10.2 Å². The molecule has 2 heteroatoms. The molecule has 2 rings (SSSR count). The molecule has 0 heterocycles. The van der Waals surface area contributed by atoms with Gasteiger partial charge in [-0.15, -0.1) is 0 Å². The summed E-state index contributed by atoms with van der Waals surface area (Å²) < 4.78 is 0. The fraction of sp³-hybridized carbons (Fsp3) is 0.250. The Hall–Kier alpha value is -1.80. The lowest BCUT2D eigenvalue weighted by molar-refractivity contribution is 0.679. The van der Waals surface area contributed by atoms with E-state index in [1.165, 1.54) is 11.3 Å². The van der Waals surface area contributed by atoms with Gasteiger partial charge in [-0.2, -0.15) is 0 Å². The van der Waals surface area contributed by atoms with Crippen LogP contribution in [0.3, 0.4) is 0 Å². The number of para-hydroxylation sites is 1. The Morgan fingerprint density at radius 2 is 1.50 bits per heavy atom. The molecule has 0 spiro atoms. The van der Waals surface area contributed by atoms with Crippen molar-refractivity contribution in [2.75, 3.05) is 25.0 Å². The molecule has 0 saturated heterocycles. The van der Waals surface area contributed by atoms with Crippen molar-refractivity contribution in [3.63, 3.8) is 0 Å². The number of benzene rings is 2. The highest BCUT2D eigenvalue weighted by Gasteiger charge is 1.98. The van der Waals surface area contributed by atoms with E-state index in [0.29, 0.717) is 0 Å². The zero-order chi connectivity index (χ0) is 12.6. The lowest BCUT2D eigenvalue weighted by Gasteiger charge is -2.19. The minimum Gasteiger partial charge on any atom is -0.373 e. The molecule has 0 unspecified atom stereocenters. The van der Waals surface area contributed by atoms with E-state index in [0.717, 1.165) is 19.6 Å². The SMILES string of the molecule is CN(CCNCc1ccccc1)c1ccccc1. The number of rotatable bonds is 6. The first-order chi connectivity index (χ1) is 8.86. The second-order valence-corrected chi connectivity index (χ2v) is 4.42. The average Bonchev–Trinajstić information content (AvgIpc) is 2.45. The summed E-state index contributed by atoms with van der Waals surface area (Å²) in [6.45, 7) is 2.93. The Labute approximate surface area is 109 Å². The van der Waals surface area contributed by atoms with Gasteiger partial charge in [-0.1, -0.05) is 48.5 Å². The van der Waals surface area contributed by atoms with Crippen LogP contribution in [0.4, 0.5) is 5.69 Å². The molecular formula is C16H20N2. The minimum atomic E-state index is 0.934. The summed E-state index contributed by atoms with van der Waals surface area (Å²) in [7, 11) is 2.12. The number of nitrogens with zero attached hydrogens (tertiary/aromatic N) is 1. The van der Waals surface area contributed by atoms with E-state index in [1.807, 2.05) is 12.1 Å². The molecular weight excluding hydrogens is 220 g/mol. The topological polar surface area (TPSA) is 15.3 Å². The second kappa shape index (κ2) is 6.82. The Bertz CT molecular complexity index is 439. The molecule has 94 valence electrons. The van der Waals surface area contributed by atoms with Gasteiger partial charge in [0.25, 0.3) is 0 Å². The number of hydrogen-bond donors (Lipinski definition) is 1. The monoisotopic (exact) mass is 240 g/mol. The molecule has 0 aliphatic carbocycles. The first-order valence-corrected chi connectivity index (χ1v) is 6.37. The predicted octanol–water partition coefficient (Wildman–Crippen LogP) is 2.91. The number of hydrogen-bond acceptors (Lipinski definition) is 2. The van der Waals surface area contributed by atoms with Crippen molar-refractivity contribution in [3.05, 3.63) is 66.2 Å². The van der Waals surface area contributed by atoms with Crippen molar-refractivity contribution in [2.45, 2.75) is 6.54 Å². The average molecular weight is 240 g/mol. The highest BCUT2D eigenvalue weighted by Crippen LogP contribution is 2.09. The molecule has 0 bridgehead atoms.